The molecule has 120 valence electrons. The maximum Gasteiger partial charge on any atom is 0.137 e. The Hall–Kier alpha value is -2.13. The summed E-state index contributed by atoms with van der Waals surface area (Å²) in [5.74, 6) is 0. The second-order valence-electron chi connectivity index (χ2n) is 5.98. The Balaban J connectivity index is 2.06. The van der Waals surface area contributed by atoms with Crippen LogP contribution in [0.1, 0.15) is 32.4 Å². The smallest absolute Gasteiger partial charge is 0.137 e. The first-order chi connectivity index (χ1) is 11.3. The van der Waals surface area contributed by atoms with Crippen LogP contribution in [0.5, 0.6) is 0 Å². The molecule has 0 unspecified atom stereocenters. The van der Waals surface area contributed by atoms with Crippen LogP contribution < -0.4 is 0 Å². The molecule has 3 heteroatoms. The number of hydrogen-bond donors (Lipinski definition) is 0. The highest BCUT2D eigenvalue weighted by atomic mass is 15.1. The van der Waals surface area contributed by atoms with Crippen molar-refractivity contribution in [1.29, 1.82) is 0 Å². The largest absolute Gasteiger partial charge is 0.302 e. The second kappa shape index (κ2) is 7.42. The molecule has 0 aliphatic heterocycles. The van der Waals surface area contributed by atoms with Crippen LogP contribution in [0, 0.1) is 0 Å². The zero-order valence-corrected chi connectivity index (χ0v) is 14.1. The van der Waals surface area contributed by atoms with E-state index in [1.54, 1.807) is 0 Å². The van der Waals surface area contributed by atoms with Gasteiger partial charge in [0.25, 0.3) is 0 Å². The van der Waals surface area contributed by atoms with E-state index in [1.165, 1.54) is 24.1 Å². The van der Waals surface area contributed by atoms with Crippen molar-refractivity contribution in [3.8, 4) is 11.3 Å². The van der Waals surface area contributed by atoms with Crippen molar-refractivity contribution >= 4 is 5.65 Å². The molecular weight excluding hydrogens is 282 g/mol. The third-order valence-corrected chi connectivity index (χ3v) is 4.13. The highest BCUT2D eigenvalue weighted by Crippen LogP contribution is 2.25. The van der Waals surface area contributed by atoms with Gasteiger partial charge in [0.05, 0.1) is 11.4 Å². The number of imidazole rings is 1. The summed E-state index contributed by atoms with van der Waals surface area (Å²) in [6, 6.07) is 16.7. The van der Waals surface area contributed by atoms with Crippen LogP contribution in [0.25, 0.3) is 16.9 Å². The summed E-state index contributed by atoms with van der Waals surface area (Å²) in [6.45, 7) is 7.69. The van der Waals surface area contributed by atoms with E-state index in [1.807, 2.05) is 0 Å². The number of benzene rings is 1. The zero-order chi connectivity index (χ0) is 16.1. The van der Waals surface area contributed by atoms with E-state index >= 15 is 0 Å². The van der Waals surface area contributed by atoms with E-state index in [0.29, 0.717) is 0 Å². The first-order valence-corrected chi connectivity index (χ1v) is 8.57. The van der Waals surface area contributed by atoms with Gasteiger partial charge >= 0.3 is 0 Å². The first-order valence-electron chi connectivity index (χ1n) is 8.57. The summed E-state index contributed by atoms with van der Waals surface area (Å²) in [4.78, 5) is 7.42. The quantitative estimate of drug-likeness (QED) is 0.634. The van der Waals surface area contributed by atoms with E-state index in [2.05, 4.69) is 77.9 Å². The predicted octanol–water partition coefficient (Wildman–Crippen LogP) is 4.62. The number of nitrogens with zero attached hydrogens (tertiary/aromatic N) is 3. The molecule has 0 atom stereocenters. The van der Waals surface area contributed by atoms with Crippen LogP contribution in [0.4, 0.5) is 0 Å². The van der Waals surface area contributed by atoms with Crippen molar-refractivity contribution in [2.45, 2.75) is 33.2 Å². The lowest BCUT2D eigenvalue weighted by Gasteiger charge is -2.21. The highest BCUT2D eigenvalue weighted by molar-refractivity contribution is 5.66. The zero-order valence-electron chi connectivity index (χ0n) is 14.1. The monoisotopic (exact) mass is 307 g/mol. The molecule has 0 aliphatic carbocycles. The molecular formula is C20H25N3. The lowest BCUT2D eigenvalue weighted by molar-refractivity contribution is 0.263. The fourth-order valence-corrected chi connectivity index (χ4v) is 3.14. The van der Waals surface area contributed by atoms with Crippen LogP contribution in [-0.4, -0.2) is 27.4 Å². The Morgan fingerprint density at radius 1 is 0.913 bits per heavy atom. The molecule has 0 bridgehead atoms. The molecule has 0 spiro atoms. The van der Waals surface area contributed by atoms with Gasteiger partial charge in [-0.2, -0.15) is 0 Å². The Bertz CT molecular complexity index is 740. The fraction of sp³-hybridized carbons (Fsp3) is 0.350. The van der Waals surface area contributed by atoms with Gasteiger partial charge in [-0.15, -0.1) is 0 Å². The first kappa shape index (κ1) is 15.8. The van der Waals surface area contributed by atoms with Gasteiger partial charge < -0.3 is 4.40 Å². The minimum absolute atomic E-state index is 0.942. The molecule has 2 heterocycles. The molecule has 0 amide bonds. The Labute approximate surface area is 138 Å². The Morgan fingerprint density at radius 3 is 2.30 bits per heavy atom. The maximum absolute atomic E-state index is 4.89. The van der Waals surface area contributed by atoms with Gasteiger partial charge in [0.2, 0.25) is 0 Å². The minimum atomic E-state index is 0.942. The van der Waals surface area contributed by atoms with E-state index in [0.717, 1.165) is 31.0 Å². The summed E-state index contributed by atoms with van der Waals surface area (Å²) < 4.78 is 2.24. The van der Waals surface area contributed by atoms with E-state index in [9.17, 15) is 0 Å². The average Bonchev–Trinajstić information content (AvgIpc) is 2.95. The minimum Gasteiger partial charge on any atom is -0.302 e. The molecule has 23 heavy (non-hydrogen) atoms. The van der Waals surface area contributed by atoms with Crippen molar-refractivity contribution < 1.29 is 0 Å². The number of aromatic nitrogens is 2. The van der Waals surface area contributed by atoms with Crippen molar-refractivity contribution in [3.05, 3.63) is 60.4 Å². The highest BCUT2D eigenvalue weighted by Gasteiger charge is 2.16. The van der Waals surface area contributed by atoms with Crippen molar-refractivity contribution in [2.75, 3.05) is 13.1 Å². The van der Waals surface area contributed by atoms with Crippen molar-refractivity contribution in [2.24, 2.45) is 0 Å². The van der Waals surface area contributed by atoms with Gasteiger partial charge in [0.1, 0.15) is 5.65 Å². The molecule has 0 N–H and O–H groups in total. The number of pyridine rings is 1. The van der Waals surface area contributed by atoms with E-state index in [-0.39, 0.29) is 0 Å². The number of hydrogen-bond acceptors (Lipinski definition) is 2. The van der Waals surface area contributed by atoms with Gasteiger partial charge in [-0.1, -0.05) is 50.2 Å². The average molecular weight is 307 g/mol. The van der Waals surface area contributed by atoms with Crippen molar-refractivity contribution in [3.63, 3.8) is 0 Å². The van der Waals surface area contributed by atoms with E-state index < -0.39 is 0 Å². The lowest BCUT2D eigenvalue weighted by atomic mass is 10.1. The molecule has 3 aromatic rings. The third kappa shape index (κ3) is 3.45. The Morgan fingerprint density at radius 2 is 1.61 bits per heavy atom. The SMILES string of the molecule is CCCN(CCC)Cc1c(-c2ccccc2)nc2ccccn12. The molecule has 0 saturated heterocycles. The molecule has 0 aliphatic rings. The maximum atomic E-state index is 4.89. The van der Waals surface area contributed by atoms with Crippen LogP contribution >= 0.6 is 0 Å². The standard InChI is InChI=1S/C20H25N3/c1-3-13-22(14-4-2)16-18-20(17-10-6-5-7-11-17)21-19-12-8-9-15-23(18)19/h5-12,15H,3-4,13-14,16H2,1-2H3. The van der Waals surface area contributed by atoms with Gasteiger partial charge in [-0.3, -0.25) is 4.90 Å². The summed E-state index contributed by atoms with van der Waals surface area (Å²) in [6.07, 6.45) is 4.48. The van der Waals surface area contributed by atoms with Crippen LogP contribution in [0.2, 0.25) is 0 Å². The summed E-state index contributed by atoms with van der Waals surface area (Å²) >= 11 is 0. The van der Waals surface area contributed by atoms with Gasteiger partial charge in [-0.05, 0) is 38.1 Å². The molecule has 3 nitrogen and oxygen atoms in total. The van der Waals surface area contributed by atoms with Gasteiger partial charge in [-0.25, -0.2) is 4.98 Å². The van der Waals surface area contributed by atoms with Gasteiger partial charge in [0, 0.05) is 18.3 Å². The van der Waals surface area contributed by atoms with Gasteiger partial charge in [0.15, 0.2) is 0 Å². The normalized spacial score (nSPS) is 11.4. The van der Waals surface area contributed by atoms with E-state index in [4.69, 9.17) is 4.98 Å². The summed E-state index contributed by atoms with van der Waals surface area (Å²) in [5.41, 5.74) is 4.61. The summed E-state index contributed by atoms with van der Waals surface area (Å²) in [7, 11) is 0. The van der Waals surface area contributed by atoms with Crippen molar-refractivity contribution in [1.82, 2.24) is 14.3 Å². The second-order valence-corrected chi connectivity index (χ2v) is 5.98. The topological polar surface area (TPSA) is 20.5 Å². The predicted molar refractivity (Wildman–Crippen MR) is 96.5 cm³/mol. The molecule has 2 aromatic heterocycles. The number of fused-ring (bicyclic) bond motifs is 1. The molecule has 1 aromatic carbocycles. The fourth-order valence-electron chi connectivity index (χ4n) is 3.14. The molecule has 0 saturated carbocycles. The van der Waals surface area contributed by atoms with Crippen LogP contribution in [0.3, 0.4) is 0 Å². The number of rotatable bonds is 7. The lowest BCUT2D eigenvalue weighted by Crippen LogP contribution is -2.25. The molecule has 0 radical (unpaired) electrons. The Kier molecular flexibility index (Phi) is 5.09. The molecule has 0 fully saturated rings. The van der Waals surface area contributed by atoms with Crippen LogP contribution in [0.15, 0.2) is 54.7 Å². The molecule has 3 rings (SSSR count). The van der Waals surface area contributed by atoms with Crippen LogP contribution in [-0.2, 0) is 6.54 Å². The third-order valence-electron chi connectivity index (χ3n) is 4.13. The summed E-state index contributed by atoms with van der Waals surface area (Å²) in [5, 5.41) is 0.